The van der Waals surface area contributed by atoms with Gasteiger partial charge in [0, 0.05) is 13.1 Å². The number of nitrogens with zero attached hydrogens (tertiary/aromatic N) is 3. The number of nitrogens with one attached hydrogen (secondary N) is 1. The number of halogens is 3. The van der Waals surface area contributed by atoms with Crippen molar-refractivity contribution in [3.8, 4) is 0 Å². The monoisotopic (exact) mass is 402 g/mol. The molecule has 0 aliphatic carbocycles. The molecular weight excluding hydrogens is 385 g/mol. The highest BCUT2D eigenvalue weighted by molar-refractivity contribution is 6.07. The van der Waals surface area contributed by atoms with Crippen LogP contribution in [0, 0.1) is 0 Å². The summed E-state index contributed by atoms with van der Waals surface area (Å²) >= 11 is 0. The van der Waals surface area contributed by atoms with Crippen molar-refractivity contribution in [3.63, 3.8) is 0 Å². The number of benzene rings is 2. The third-order valence-electron chi connectivity index (χ3n) is 4.56. The minimum Gasteiger partial charge on any atom is -0.378 e. The molecule has 1 saturated heterocycles. The molecule has 6 nitrogen and oxygen atoms in total. The van der Waals surface area contributed by atoms with Gasteiger partial charge in [-0.05, 0) is 24.3 Å². The second kappa shape index (κ2) is 7.67. The number of amides is 1. The van der Waals surface area contributed by atoms with E-state index in [1.807, 2.05) is 4.90 Å². The van der Waals surface area contributed by atoms with Crippen LogP contribution in [0.25, 0.3) is 11.0 Å². The number of rotatable bonds is 3. The van der Waals surface area contributed by atoms with Gasteiger partial charge >= 0.3 is 6.18 Å². The Hall–Kier alpha value is -3.20. The van der Waals surface area contributed by atoms with Crippen molar-refractivity contribution < 1.29 is 22.7 Å². The zero-order chi connectivity index (χ0) is 20.4. The molecule has 0 unspecified atom stereocenters. The smallest absolute Gasteiger partial charge is 0.378 e. The maximum absolute atomic E-state index is 13.3. The maximum Gasteiger partial charge on any atom is 0.418 e. The van der Waals surface area contributed by atoms with Crippen molar-refractivity contribution >= 4 is 28.4 Å². The van der Waals surface area contributed by atoms with E-state index in [4.69, 9.17) is 4.74 Å². The van der Waals surface area contributed by atoms with Gasteiger partial charge in [-0.1, -0.05) is 24.3 Å². The van der Waals surface area contributed by atoms with Gasteiger partial charge in [0.2, 0.25) is 0 Å². The number of alkyl halides is 3. The second-order valence-electron chi connectivity index (χ2n) is 6.48. The van der Waals surface area contributed by atoms with Gasteiger partial charge in [-0.15, -0.1) is 0 Å². The number of hydrogen-bond acceptors (Lipinski definition) is 5. The van der Waals surface area contributed by atoms with E-state index in [9.17, 15) is 18.0 Å². The number of aromatic nitrogens is 2. The highest BCUT2D eigenvalue weighted by atomic mass is 19.4. The minimum atomic E-state index is -4.59. The molecule has 150 valence electrons. The second-order valence-corrected chi connectivity index (χ2v) is 6.48. The van der Waals surface area contributed by atoms with E-state index in [0.717, 1.165) is 6.07 Å². The van der Waals surface area contributed by atoms with E-state index < -0.39 is 17.6 Å². The third kappa shape index (κ3) is 4.00. The van der Waals surface area contributed by atoms with Crippen LogP contribution in [-0.4, -0.2) is 42.2 Å². The van der Waals surface area contributed by atoms with Gasteiger partial charge in [0.15, 0.2) is 11.5 Å². The first-order valence-corrected chi connectivity index (χ1v) is 9.00. The molecule has 29 heavy (non-hydrogen) atoms. The van der Waals surface area contributed by atoms with Crippen molar-refractivity contribution in [1.82, 2.24) is 9.97 Å². The number of carbonyl (C=O) groups excluding carboxylic acids is 1. The molecule has 1 amide bonds. The van der Waals surface area contributed by atoms with E-state index in [1.54, 1.807) is 24.3 Å². The Labute approximate surface area is 164 Å². The predicted octanol–water partition coefficient (Wildman–Crippen LogP) is 3.74. The Morgan fingerprint density at radius 3 is 2.28 bits per heavy atom. The molecule has 1 N–H and O–H groups in total. The zero-order valence-corrected chi connectivity index (χ0v) is 15.2. The fraction of sp³-hybridized carbons (Fsp3) is 0.250. The number of morpholine rings is 1. The fourth-order valence-corrected chi connectivity index (χ4v) is 3.16. The van der Waals surface area contributed by atoms with Crippen LogP contribution in [0.4, 0.5) is 24.7 Å². The molecule has 1 aromatic heterocycles. The zero-order valence-electron chi connectivity index (χ0n) is 15.2. The van der Waals surface area contributed by atoms with Crippen molar-refractivity contribution in [2.45, 2.75) is 6.18 Å². The van der Waals surface area contributed by atoms with Gasteiger partial charge in [-0.3, -0.25) is 4.79 Å². The molecular formula is C20H17F3N4O2. The molecule has 0 atom stereocenters. The summed E-state index contributed by atoms with van der Waals surface area (Å²) in [6.45, 7) is 1.94. The van der Waals surface area contributed by atoms with Gasteiger partial charge in [0.05, 0.1) is 35.5 Å². The lowest BCUT2D eigenvalue weighted by molar-refractivity contribution is -0.136. The Bertz CT molecular complexity index is 1050. The van der Waals surface area contributed by atoms with Crippen molar-refractivity contribution in [1.29, 1.82) is 0 Å². The lowest BCUT2D eigenvalue weighted by Gasteiger charge is -2.29. The SMILES string of the molecule is O=C(Nc1ccccc1C(F)(F)F)c1nc2ccccc2nc1N1CCOCC1. The van der Waals surface area contributed by atoms with Crippen LogP contribution >= 0.6 is 0 Å². The summed E-state index contributed by atoms with van der Waals surface area (Å²) in [7, 11) is 0. The van der Waals surface area contributed by atoms with Gasteiger partial charge < -0.3 is 15.0 Å². The Balaban J connectivity index is 1.75. The molecule has 0 spiro atoms. The molecule has 0 saturated carbocycles. The number of ether oxygens (including phenoxy) is 1. The van der Waals surface area contributed by atoms with Crippen LogP contribution in [0.15, 0.2) is 48.5 Å². The summed E-state index contributed by atoms with van der Waals surface area (Å²) in [4.78, 5) is 23.8. The highest BCUT2D eigenvalue weighted by Gasteiger charge is 2.34. The molecule has 1 aliphatic heterocycles. The first kappa shape index (κ1) is 19.1. The topological polar surface area (TPSA) is 67.4 Å². The molecule has 0 bridgehead atoms. The van der Waals surface area contributed by atoms with Crippen LogP contribution in [-0.2, 0) is 10.9 Å². The number of fused-ring (bicyclic) bond motifs is 1. The molecule has 3 aromatic rings. The average molecular weight is 402 g/mol. The Kier molecular flexibility index (Phi) is 5.06. The first-order valence-electron chi connectivity index (χ1n) is 9.00. The molecule has 1 aliphatic rings. The van der Waals surface area contributed by atoms with Crippen molar-refractivity contribution in [2.75, 3.05) is 36.5 Å². The lowest BCUT2D eigenvalue weighted by Crippen LogP contribution is -2.38. The van der Waals surface area contributed by atoms with E-state index in [0.29, 0.717) is 43.2 Å². The molecule has 0 radical (unpaired) electrons. The van der Waals surface area contributed by atoms with Crippen LogP contribution < -0.4 is 10.2 Å². The lowest BCUT2D eigenvalue weighted by atomic mass is 10.1. The van der Waals surface area contributed by atoms with Gasteiger partial charge in [-0.25, -0.2) is 9.97 Å². The highest BCUT2D eigenvalue weighted by Crippen LogP contribution is 2.35. The van der Waals surface area contributed by atoms with Crippen LogP contribution in [0.2, 0.25) is 0 Å². The predicted molar refractivity (Wildman–Crippen MR) is 102 cm³/mol. The fourth-order valence-electron chi connectivity index (χ4n) is 3.16. The number of anilines is 2. The van der Waals surface area contributed by atoms with Crippen LogP contribution in [0.5, 0.6) is 0 Å². The largest absolute Gasteiger partial charge is 0.418 e. The number of hydrogen-bond donors (Lipinski definition) is 1. The molecule has 1 fully saturated rings. The summed E-state index contributed by atoms with van der Waals surface area (Å²) in [5, 5.41) is 2.36. The van der Waals surface area contributed by atoms with Crippen LogP contribution in [0.1, 0.15) is 16.1 Å². The van der Waals surface area contributed by atoms with Crippen LogP contribution in [0.3, 0.4) is 0 Å². The summed E-state index contributed by atoms with van der Waals surface area (Å²) in [5.41, 5.74) is -0.189. The number of carbonyl (C=O) groups is 1. The average Bonchev–Trinajstić information content (AvgIpc) is 2.73. The molecule has 4 rings (SSSR count). The standard InChI is InChI=1S/C20H17F3N4O2/c21-20(22,23)13-5-1-2-6-14(13)26-19(28)17-18(27-9-11-29-12-10-27)25-16-8-4-3-7-15(16)24-17/h1-8H,9-12H2,(H,26,28). The van der Waals surface area contributed by atoms with E-state index in [1.165, 1.54) is 18.2 Å². The van der Waals surface area contributed by atoms with E-state index in [2.05, 4.69) is 15.3 Å². The van der Waals surface area contributed by atoms with Crippen molar-refractivity contribution in [3.05, 3.63) is 59.8 Å². The quantitative estimate of drug-likeness (QED) is 0.723. The van der Waals surface area contributed by atoms with Gasteiger partial charge in [0.25, 0.3) is 5.91 Å². The number of para-hydroxylation sites is 3. The minimum absolute atomic E-state index is 0.0254. The summed E-state index contributed by atoms with van der Waals surface area (Å²) in [6, 6.07) is 11.9. The molecule has 9 heteroatoms. The van der Waals surface area contributed by atoms with E-state index >= 15 is 0 Å². The third-order valence-corrected chi connectivity index (χ3v) is 4.56. The Morgan fingerprint density at radius 2 is 1.59 bits per heavy atom. The first-order chi connectivity index (χ1) is 13.9. The van der Waals surface area contributed by atoms with E-state index in [-0.39, 0.29) is 11.4 Å². The van der Waals surface area contributed by atoms with Gasteiger partial charge in [0.1, 0.15) is 0 Å². The summed E-state index contributed by atoms with van der Waals surface area (Å²) in [6.07, 6.45) is -4.59. The molecule has 2 aromatic carbocycles. The maximum atomic E-state index is 13.3. The Morgan fingerprint density at radius 1 is 0.966 bits per heavy atom. The van der Waals surface area contributed by atoms with Crippen molar-refractivity contribution in [2.24, 2.45) is 0 Å². The van der Waals surface area contributed by atoms with Gasteiger partial charge in [-0.2, -0.15) is 13.2 Å². The summed E-state index contributed by atoms with van der Waals surface area (Å²) < 4.78 is 45.2. The normalized spacial score (nSPS) is 14.8. The molecule has 2 heterocycles. The summed E-state index contributed by atoms with van der Waals surface area (Å²) in [5.74, 6) is -0.421.